The predicted molar refractivity (Wildman–Crippen MR) is 117 cm³/mol. The molecule has 7 nitrogen and oxygen atoms in total. The summed E-state index contributed by atoms with van der Waals surface area (Å²) in [6, 6.07) is 5.92. The van der Waals surface area contributed by atoms with Crippen LogP contribution in [0, 0.1) is 5.82 Å². The molecule has 1 amide bonds. The van der Waals surface area contributed by atoms with Gasteiger partial charge < -0.3 is 14.0 Å². The van der Waals surface area contributed by atoms with E-state index in [1.165, 1.54) is 12.1 Å². The van der Waals surface area contributed by atoms with E-state index < -0.39 is 0 Å². The van der Waals surface area contributed by atoms with E-state index in [0.29, 0.717) is 29.9 Å². The van der Waals surface area contributed by atoms with Crippen molar-refractivity contribution in [3.05, 3.63) is 53.2 Å². The molecule has 1 fully saturated rings. The lowest BCUT2D eigenvalue weighted by Crippen LogP contribution is -2.51. The van der Waals surface area contributed by atoms with Crippen LogP contribution in [0.2, 0.25) is 0 Å². The van der Waals surface area contributed by atoms with Gasteiger partial charge >= 0.3 is 0 Å². The van der Waals surface area contributed by atoms with Gasteiger partial charge in [-0.3, -0.25) is 14.5 Å². The lowest BCUT2D eigenvalue weighted by Gasteiger charge is -2.37. The Morgan fingerprint density at radius 2 is 1.97 bits per heavy atom. The van der Waals surface area contributed by atoms with Crippen molar-refractivity contribution >= 4 is 22.7 Å². The molecule has 8 heteroatoms. The molecule has 0 saturated carbocycles. The maximum Gasteiger partial charge on any atom is 0.256 e. The Bertz CT molecular complexity index is 1180. The molecule has 2 aromatic heterocycles. The number of likely N-dealkylation sites (tertiary alicyclic amines) is 1. The molecule has 168 valence electrons. The van der Waals surface area contributed by atoms with Gasteiger partial charge in [0.05, 0.1) is 23.0 Å². The van der Waals surface area contributed by atoms with Crippen LogP contribution >= 0.6 is 0 Å². The van der Waals surface area contributed by atoms with Crippen LogP contribution in [0.1, 0.15) is 58.6 Å². The van der Waals surface area contributed by atoms with Crippen LogP contribution < -0.4 is 0 Å². The van der Waals surface area contributed by atoms with E-state index >= 15 is 0 Å². The number of fused-ring (bicyclic) bond motifs is 2. The second-order valence-corrected chi connectivity index (χ2v) is 8.84. The Balaban J connectivity index is 1.37. The topological polar surface area (TPSA) is 71.6 Å². The number of carbonyl (C=O) groups excluding carboxylic acids is 2. The normalized spacial score (nSPS) is 20.7. The van der Waals surface area contributed by atoms with Crippen molar-refractivity contribution in [2.75, 3.05) is 26.2 Å². The zero-order chi connectivity index (χ0) is 22.4. The van der Waals surface area contributed by atoms with Crippen molar-refractivity contribution in [1.29, 1.82) is 0 Å². The average Bonchev–Trinajstić information content (AvgIpc) is 3.36. The highest BCUT2D eigenvalue weighted by Gasteiger charge is 2.39. The van der Waals surface area contributed by atoms with Crippen molar-refractivity contribution in [2.24, 2.45) is 7.05 Å². The van der Waals surface area contributed by atoms with Crippen molar-refractivity contribution in [3.8, 4) is 0 Å². The minimum atomic E-state index is -0.357. The molecule has 1 unspecified atom stereocenters. The molecule has 32 heavy (non-hydrogen) atoms. The number of aryl methyl sites for hydroxylation is 1. The van der Waals surface area contributed by atoms with Crippen molar-refractivity contribution in [1.82, 2.24) is 19.5 Å². The maximum atomic E-state index is 13.5. The summed E-state index contributed by atoms with van der Waals surface area (Å²) in [5, 5.41) is 5.08. The van der Waals surface area contributed by atoms with Crippen molar-refractivity contribution < 1.29 is 18.5 Å². The molecule has 1 saturated heterocycles. The van der Waals surface area contributed by atoms with E-state index in [1.807, 2.05) is 18.9 Å². The Hall–Kier alpha value is -3.00. The van der Waals surface area contributed by atoms with Crippen LogP contribution in [-0.4, -0.2) is 63.4 Å². The molecule has 0 bridgehead atoms. The highest BCUT2D eigenvalue weighted by atomic mass is 19.1. The van der Waals surface area contributed by atoms with E-state index in [2.05, 4.69) is 10.1 Å². The second-order valence-electron chi connectivity index (χ2n) is 8.84. The van der Waals surface area contributed by atoms with Crippen LogP contribution in [0.25, 0.3) is 11.0 Å². The predicted octanol–water partition coefficient (Wildman–Crippen LogP) is 3.60. The Morgan fingerprint density at radius 3 is 2.72 bits per heavy atom. The number of hydrogen-bond donors (Lipinski definition) is 0. The van der Waals surface area contributed by atoms with Gasteiger partial charge in [-0.15, -0.1) is 0 Å². The van der Waals surface area contributed by atoms with Gasteiger partial charge in [-0.1, -0.05) is 12.1 Å². The van der Waals surface area contributed by atoms with E-state index in [9.17, 15) is 14.0 Å². The first-order valence-electron chi connectivity index (χ1n) is 11.3. The standard InChI is InChI=1S/C24H27FN4O3/c1-3-9-29-14-19(23(30)22-18(24(29)31)8-10-27(22)2)28-11-6-15(7-12-28)21-17-5-4-16(25)13-20(17)32-26-21/h4-5,8,10,13,15,19H,3,6-7,9,11-12,14H2,1-2H3. The first kappa shape index (κ1) is 20.9. The maximum absolute atomic E-state index is 13.5. The van der Waals surface area contributed by atoms with Gasteiger partial charge in [0.25, 0.3) is 5.91 Å². The summed E-state index contributed by atoms with van der Waals surface area (Å²) in [5.41, 5.74) is 2.33. The molecular formula is C24H27FN4O3. The smallest absolute Gasteiger partial charge is 0.256 e. The minimum Gasteiger partial charge on any atom is -0.356 e. The van der Waals surface area contributed by atoms with Crippen LogP contribution in [0.3, 0.4) is 0 Å². The first-order chi connectivity index (χ1) is 15.5. The lowest BCUT2D eigenvalue weighted by atomic mass is 9.90. The fourth-order valence-electron chi connectivity index (χ4n) is 5.17. The number of aromatic nitrogens is 2. The van der Waals surface area contributed by atoms with E-state index in [0.717, 1.165) is 43.4 Å². The van der Waals surface area contributed by atoms with Gasteiger partial charge in [0.1, 0.15) is 5.82 Å². The number of piperidine rings is 1. The van der Waals surface area contributed by atoms with Gasteiger partial charge in [-0.25, -0.2) is 4.39 Å². The van der Waals surface area contributed by atoms with E-state index in [4.69, 9.17) is 4.52 Å². The number of ketones is 1. The molecule has 1 atom stereocenters. The number of carbonyl (C=O) groups is 2. The average molecular weight is 439 g/mol. The Kier molecular flexibility index (Phi) is 5.33. The summed E-state index contributed by atoms with van der Waals surface area (Å²) in [6.07, 6.45) is 4.28. The number of amides is 1. The van der Waals surface area contributed by atoms with Crippen molar-refractivity contribution in [3.63, 3.8) is 0 Å². The quantitative estimate of drug-likeness (QED) is 0.622. The third-order valence-corrected chi connectivity index (χ3v) is 6.83. The molecule has 3 aromatic rings. The summed E-state index contributed by atoms with van der Waals surface area (Å²) >= 11 is 0. The molecule has 4 heterocycles. The molecule has 5 rings (SSSR count). The van der Waals surface area contributed by atoms with Gasteiger partial charge in [-0.05, 0) is 50.6 Å². The summed E-state index contributed by atoms with van der Waals surface area (Å²) < 4.78 is 20.6. The van der Waals surface area contributed by atoms with Gasteiger partial charge in [0.15, 0.2) is 11.4 Å². The van der Waals surface area contributed by atoms with Crippen LogP contribution in [0.15, 0.2) is 35.0 Å². The van der Waals surface area contributed by atoms with Crippen LogP contribution in [0.4, 0.5) is 4.39 Å². The van der Waals surface area contributed by atoms with Crippen LogP contribution in [0.5, 0.6) is 0 Å². The summed E-state index contributed by atoms with van der Waals surface area (Å²) in [6.45, 7) is 4.54. The molecule has 2 aliphatic heterocycles. The van der Waals surface area contributed by atoms with Gasteiger partial charge in [0, 0.05) is 43.7 Å². The molecule has 0 radical (unpaired) electrons. The molecule has 2 aliphatic rings. The Morgan fingerprint density at radius 1 is 1.19 bits per heavy atom. The third kappa shape index (κ3) is 3.43. The number of halogens is 1. The van der Waals surface area contributed by atoms with E-state index in [-0.39, 0.29) is 29.5 Å². The molecule has 0 N–H and O–H groups in total. The molecule has 0 spiro atoms. The monoisotopic (exact) mass is 438 g/mol. The molecule has 0 aliphatic carbocycles. The highest BCUT2D eigenvalue weighted by molar-refractivity contribution is 6.11. The molecular weight excluding hydrogens is 411 g/mol. The van der Waals surface area contributed by atoms with Crippen molar-refractivity contribution in [2.45, 2.75) is 38.1 Å². The van der Waals surface area contributed by atoms with E-state index in [1.54, 1.807) is 22.9 Å². The van der Waals surface area contributed by atoms with Gasteiger partial charge in [-0.2, -0.15) is 0 Å². The Labute approximate surface area is 185 Å². The number of rotatable bonds is 4. The first-order valence-corrected chi connectivity index (χ1v) is 11.3. The number of nitrogens with zero attached hydrogens (tertiary/aromatic N) is 4. The molecule has 1 aromatic carbocycles. The van der Waals surface area contributed by atoms with Crippen LogP contribution in [-0.2, 0) is 7.05 Å². The highest BCUT2D eigenvalue weighted by Crippen LogP contribution is 2.34. The number of Topliss-reactive ketones (excluding diaryl/α,β-unsaturated/α-hetero) is 1. The zero-order valence-corrected chi connectivity index (χ0v) is 18.4. The lowest BCUT2D eigenvalue weighted by molar-refractivity contribution is 0.0609. The SMILES string of the molecule is CCCN1CC(N2CCC(c3noc4cc(F)ccc34)CC2)C(=O)c2c(ccn2C)C1=O. The van der Waals surface area contributed by atoms with Gasteiger partial charge in [0.2, 0.25) is 0 Å². The summed E-state index contributed by atoms with van der Waals surface area (Å²) in [4.78, 5) is 30.6. The summed E-state index contributed by atoms with van der Waals surface area (Å²) in [5.74, 6) is -0.194. The number of hydrogen-bond acceptors (Lipinski definition) is 5. The second kappa shape index (κ2) is 8.16. The fourth-order valence-corrected chi connectivity index (χ4v) is 5.17. The summed E-state index contributed by atoms with van der Waals surface area (Å²) in [7, 11) is 1.82. The largest absolute Gasteiger partial charge is 0.356 e. The minimum absolute atomic E-state index is 0.0141. The third-order valence-electron chi connectivity index (χ3n) is 6.83. The fraction of sp³-hybridized carbons (Fsp3) is 0.458. The zero-order valence-electron chi connectivity index (χ0n) is 18.4. The number of benzene rings is 1.